The van der Waals surface area contributed by atoms with Crippen LogP contribution >= 0.6 is 0 Å². The van der Waals surface area contributed by atoms with Gasteiger partial charge >= 0.3 is 5.97 Å². The van der Waals surface area contributed by atoms with Crippen molar-refractivity contribution in [1.82, 2.24) is 0 Å². The molecule has 1 aliphatic carbocycles. The van der Waals surface area contributed by atoms with Gasteiger partial charge in [-0.1, -0.05) is 72.6 Å². The Morgan fingerprint density at radius 3 is 2.21 bits per heavy atom. The highest BCUT2D eigenvalue weighted by molar-refractivity contribution is 5.69. The summed E-state index contributed by atoms with van der Waals surface area (Å²) in [6.45, 7) is 9.23. The van der Waals surface area contributed by atoms with Crippen LogP contribution in [0.25, 0.3) is 0 Å². The smallest absolute Gasteiger partial charge is 0.306 e. The molecule has 0 heterocycles. The third kappa shape index (κ3) is 9.69. The topological polar surface area (TPSA) is 26.3 Å². The largest absolute Gasteiger partial charge is 0.462 e. The van der Waals surface area contributed by atoms with E-state index < -0.39 is 0 Å². The third-order valence-electron chi connectivity index (χ3n) is 5.68. The van der Waals surface area contributed by atoms with E-state index in [1.54, 1.807) is 0 Å². The molecule has 0 spiro atoms. The zero-order valence-electron chi connectivity index (χ0n) is 16.9. The van der Waals surface area contributed by atoms with Gasteiger partial charge in [0.1, 0.15) is 6.10 Å². The van der Waals surface area contributed by atoms with E-state index in [2.05, 4.69) is 27.7 Å². The molecular weight excluding hydrogens is 296 g/mol. The second-order valence-corrected chi connectivity index (χ2v) is 8.91. The molecule has 0 radical (unpaired) electrons. The Hall–Kier alpha value is -0.530. The lowest BCUT2D eigenvalue weighted by molar-refractivity contribution is -0.151. The van der Waals surface area contributed by atoms with E-state index in [9.17, 15) is 4.79 Å². The Bertz CT molecular complexity index is 323. The Labute approximate surface area is 151 Å². The van der Waals surface area contributed by atoms with Crippen molar-refractivity contribution < 1.29 is 9.53 Å². The zero-order valence-corrected chi connectivity index (χ0v) is 16.9. The summed E-state index contributed by atoms with van der Waals surface area (Å²) in [6.07, 6.45) is 17.0. The summed E-state index contributed by atoms with van der Waals surface area (Å²) in [5.74, 6) is 0.668. The normalized spacial score (nSPS) is 17.7. The van der Waals surface area contributed by atoms with E-state index in [4.69, 9.17) is 4.74 Å². The lowest BCUT2D eigenvalue weighted by atomic mass is 9.75. The van der Waals surface area contributed by atoms with E-state index >= 15 is 0 Å². The molecule has 0 aromatic rings. The van der Waals surface area contributed by atoms with Crippen LogP contribution in [-0.2, 0) is 9.53 Å². The van der Waals surface area contributed by atoms with Crippen molar-refractivity contribution in [2.75, 3.05) is 0 Å². The third-order valence-corrected chi connectivity index (χ3v) is 5.68. The number of hydrogen-bond donors (Lipinski definition) is 0. The average molecular weight is 339 g/mol. The summed E-state index contributed by atoms with van der Waals surface area (Å²) in [4.78, 5) is 12.2. The van der Waals surface area contributed by atoms with Crippen LogP contribution in [0.4, 0.5) is 0 Å². The minimum absolute atomic E-state index is 0.0408. The fourth-order valence-corrected chi connectivity index (χ4v) is 3.90. The first-order valence-corrected chi connectivity index (χ1v) is 10.6. The number of hydrogen-bond acceptors (Lipinski definition) is 2. The molecule has 0 N–H and O–H groups in total. The van der Waals surface area contributed by atoms with Gasteiger partial charge in [-0.3, -0.25) is 4.79 Å². The maximum absolute atomic E-state index is 12.2. The van der Waals surface area contributed by atoms with Crippen molar-refractivity contribution in [3.8, 4) is 0 Å². The Morgan fingerprint density at radius 1 is 0.958 bits per heavy atom. The number of rotatable bonds is 11. The molecule has 0 amide bonds. The molecular formula is C22H42O2. The van der Waals surface area contributed by atoms with Crippen molar-refractivity contribution in [1.29, 1.82) is 0 Å². The summed E-state index contributed by atoms with van der Waals surface area (Å²) in [5.41, 5.74) is 0.286. The summed E-state index contributed by atoms with van der Waals surface area (Å²) < 4.78 is 5.69. The van der Waals surface area contributed by atoms with Gasteiger partial charge in [0.05, 0.1) is 0 Å². The monoisotopic (exact) mass is 338 g/mol. The first kappa shape index (κ1) is 21.5. The lowest BCUT2D eigenvalue weighted by Gasteiger charge is -2.31. The molecule has 0 bridgehead atoms. The second kappa shape index (κ2) is 11.9. The van der Waals surface area contributed by atoms with Crippen LogP contribution in [0.1, 0.15) is 118 Å². The number of ether oxygens (including phenoxy) is 1. The number of unbranched alkanes of at least 4 members (excludes halogenated alkanes) is 5. The predicted molar refractivity (Wildman–Crippen MR) is 103 cm³/mol. The first-order chi connectivity index (χ1) is 11.4. The molecule has 2 heteroatoms. The highest BCUT2D eigenvalue weighted by Crippen LogP contribution is 2.34. The van der Waals surface area contributed by atoms with E-state index in [1.807, 2.05) is 0 Å². The lowest BCUT2D eigenvalue weighted by Crippen LogP contribution is -2.24. The second-order valence-electron chi connectivity index (χ2n) is 8.91. The summed E-state index contributed by atoms with van der Waals surface area (Å²) >= 11 is 0. The van der Waals surface area contributed by atoms with Crippen LogP contribution in [0.3, 0.4) is 0 Å². The van der Waals surface area contributed by atoms with Gasteiger partial charge in [0.2, 0.25) is 0 Å². The predicted octanol–water partition coefficient (Wildman–Crippen LogP) is 7.06. The van der Waals surface area contributed by atoms with Crippen LogP contribution in [-0.4, -0.2) is 12.1 Å². The van der Waals surface area contributed by atoms with E-state index in [0.717, 1.165) is 19.3 Å². The van der Waals surface area contributed by atoms with E-state index in [1.165, 1.54) is 64.2 Å². The van der Waals surface area contributed by atoms with Gasteiger partial charge in [-0.2, -0.15) is 0 Å². The average Bonchev–Trinajstić information content (AvgIpc) is 2.53. The van der Waals surface area contributed by atoms with Crippen molar-refractivity contribution in [3.05, 3.63) is 0 Å². The molecule has 1 aliphatic rings. The van der Waals surface area contributed by atoms with Gasteiger partial charge in [-0.25, -0.2) is 0 Å². The maximum atomic E-state index is 12.2. The molecule has 2 nitrogen and oxygen atoms in total. The molecule has 1 saturated carbocycles. The SMILES string of the molecule is CCCCCCCCC(CCC(=O)OC1CCCCC1)C(C)(C)C. The van der Waals surface area contributed by atoms with Crippen LogP contribution in [0.15, 0.2) is 0 Å². The van der Waals surface area contributed by atoms with Crippen LogP contribution in [0.2, 0.25) is 0 Å². The summed E-state index contributed by atoms with van der Waals surface area (Å²) in [6, 6.07) is 0. The van der Waals surface area contributed by atoms with Gasteiger partial charge in [-0.05, 0) is 49.9 Å². The zero-order chi connectivity index (χ0) is 17.8. The van der Waals surface area contributed by atoms with Gasteiger partial charge in [0.25, 0.3) is 0 Å². The molecule has 0 aromatic heterocycles. The fraction of sp³-hybridized carbons (Fsp3) is 0.955. The minimum Gasteiger partial charge on any atom is -0.462 e. The van der Waals surface area contributed by atoms with Gasteiger partial charge in [0, 0.05) is 6.42 Å². The molecule has 1 unspecified atom stereocenters. The van der Waals surface area contributed by atoms with Crippen molar-refractivity contribution in [2.24, 2.45) is 11.3 Å². The van der Waals surface area contributed by atoms with Crippen LogP contribution in [0.5, 0.6) is 0 Å². The Kier molecular flexibility index (Phi) is 10.7. The molecule has 142 valence electrons. The molecule has 1 atom stereocenters. The van der Waals surface area contributed by atoms with Gasteiger partial charge in [-0.15, -0.1) is 0 Å². The molecule has 0 aliphatic heterocycles. The summed E-state index contributed by atoms with van der Waals surface area (Å²) in [5, 5.41) is 0. The van der Waals surface area contributed by atoms with Gasteiger partial charge in [0.15, 0.2) is 0 Å². The number of carbonyl (C=O) groups is 1. The van der Waals surface area contributed by atoms with Crippen LogP contribution < -0.4 is 0 Å². The Balaban J connectivity index is 2.25. The first-order valence-electron chi connectivity index (χ1n) is 10.6. The standard InChI is InChI=1S/C22H42O2/c1-5-6-7-8-9-11-14-19(22(2,3)4)17-18-21(23)24-20-15-12-10-13-16-20/h19-20H,5-18H2,1-4H3. The maximum Gasteiger partial charge on any atom is 0.306 e. The highest BCUT2D eigenvalue weighted by atomic mass is 16.5. The highest BCUT2D eigenvalue weighted by Gasteiger charge is 2.25. The minimum atomic E-state index is 0.0408. The van der Waals surface area contributed by atoms with E-state index in [-0.39, 0.29) is 17.5 Å². The molecule has 0 saturated heterocycles. The van der Waals surface area contributed by atoms with Crippen LogP contribution in [0, 0.1) is 11.3 Å². The molecule has 1 rings (SSSR count). The van der Waals surface area contributed by atoms with Crippen molar-refractivity contribution >= 4 is 5.97 Å². The number of carbonyl (C=O) groups excluding carboxylic acids is 1. The molecule has 24 heavy (non-hydrogen) atoms. The van der Waals surface area contributed by atoms with Gasteiger partial charge < -0.3 is 4.74 Å². The quantitative estimate of drug-likeness (QED) is 0.298. The van der Waals surface area contributed by atoms with Crippen molar-refractivity contribution in [2.45, 2.75) is 124 Å². The molecule has 0 aromatic carbocycles. The van der Waals surface area contributed by atoms with Crippen molar-refractivity contribution in [3.63, 3.8) is 0 Å². The van der Waals surface area contributed by atoms with E-state index in [0.29, 0.717) is 12.3 Å². The summed E-state index contributed by atoms with van der Waals surface area (Å²) in [7, 11) is 0. The molecule has 1 fully saturated rings. The fourth-order valence-electron chi connectivity index (χ4n) is 3.90. The Morgan fingerprint density at radius 2 is 1.58 bits per heavy atom. The number of esters is 1.